The molecule has 0 amide bonds. The van der Waals surface area contributed by atoms with Crippen molar-refractivity contribution in [3.05, 3.63) is 12.2 Å². The Morgan fingerprint density at radius 1 is 0.947 bits per heavy atom. The summed E-state index contributed by atoms with van der Waals surface area (Å²) in [7, 11) is 2.02. The highest BCUT2D eigenvalue weighted by Crippen LogP contribution is 2.30. The lowest BCUT2D eigenvalue weighted by molar-refractivity contribution is 0.0907. The lowest BCUT2D eigenvalue weighted by Gasteiger charge is -2.42. The molecule has 0 atom stereocenters. The summed E-state index contributed by atoms with van der Waals surface area (Å²) in [6.07, 6.45) is 14.3. The zero-order chi connectivity index (χ0) is 13.5. The normalized spacial score (nSPS) is 22.8. The van der Waals surface area contributed by atoms with E-state index in [-0.39, 0.29) is 0 Å². The molecule has 0 bridgehead atoms. The summed E-state index contributed by atoms with van der Waals surface area (Å²) in [5, 5.41) is 3.25. The number of likely N-dealkylation sites (N-methyl/N-ethyl adjacent to an activating group) is 1. The van der Waals surface area contributed by atoms with Crippen molar-refractivity contribution in [2.24, 2.45) is 0 Å². The molecule has 0 aromatic heterocycles. The molecule has 2 aliphatic rings. The first-order valence-corrected chi connectivity index (χ1v) is 8.38. The van der Waals surface area contributed by atoms with E-state index in [4.69, 9.17) is 0 Å². The number of rotatable bonds is 6. The third kappa shape index (κ3) is 4.61. The van der Waals surface area contributed by atoms with Crippen LogP contribution in [-0.4, -0.2) is 37.1 Å². The fourth-order valence-electron chi connectivity index (χ4n) is 3.95. The van der Waals surface area contributed by atoms with Crippen molar-refractivity contribution in [3.63, 3.8) is 0 Å². The Morgan fingerprint density at radius 3 is 1.84 bits per heavy atom. The largest absolute Gasteiger partial charge is 0.316 e. The van der Waals surface area contributed by atoms with Gasteiger partial charge in [-0.05, 0) is 38.3 Å². The second kappa shape index (κ2) is 8.06. The van der Waals surface area contributed by atoms with Crippen LogP contribution in [0.5, 0.6) is 0 Å². The van der Waals surface area contributed by atoms with Crippen molar-refractivity contribution >= 4 is 0 Å². The van der Waals surface area contributed by atoms with Gasteiger partial charge in [0.1, 0.15) is 0 Å². The Bertz CT molecular complexity index is 244. The maximum absolute atomic E-state index is 4.27. The summed E-state index contributed by atoms with van der Waals surface area (Å²) < 4.78 is 0. The Morgan fingerprint density at radius 2 is 1.42 bits per heavy atom. The van der Waals surface area contributed by atoms with Crippen molar-refractivity contribution in [2.75, 3.05) is 20.1 Å². The van der Waals surface area contributed by atoms with Crippen LogP contribution in [-0.2, 0) is 0 Å². The molecule has 0 unspecified atom stereocenters. The van der Waals surface area contributed by atoms with Crippen molar-refractivity contribution in [2.45, 2.75) is 76.3 Å². The first kappa shape index (κ1) is 15.1. The fourth-order valence-corrected chi connectivity index (χ4v) is 3.95. The first-order valence-electron chi connectivity index (χ1n) is 8.38. The Labute approximate surface area is 119 Å². The molecule has 0 saturated heterocycles. The van der Waals surface area contributed by atoms with Crippen LogP contribution in [0.3, 0.4) is 0 Å². The van der Waals surface area contributed by atoms with Gasteiger partial charge in [0.2, 0.25) is 0 Å². The number of hydrogen-bond acceptors (Lipinski definition) is 2. The third-order valence-electron chi connectivity index (χ3n) is 4.92. The summed E-state index contributed by atoms with van der Waals surface area (Å²) in [4.78, 5) is 2.83. The SMILES string of the molecule is C=C(CNC)CN(C1CCCCC1)C1CCCCC1. The molecule has 110 valence electrons. The van der Waals surface area contributed by atoms with Crippen LogP contribution in [0.1, 0.15) is 64.2 Å². The Hall–Kier alpha value is -0.340. The zero-order valence-electron chi connectivity index (χ0n) is 12.8. The van der Waals surface area contributed by atoms with Gasteiger partial charge in [-0.2, -0.15) is 0 Å². The fraction of sp³-hybridized carbons (Fsp3) is 0.882. The Kier molecular flexibility index (Phi) is 6.39. The lowest BCUT2D eigenvalue weighted by Crippen LogP contribution is -2.46. The molecule has 19 heavy (non-hydrogen) atoms. The average Bonchev–Trinajstić information content (AvgIpc) is 2.47. The minimum Gasteiger partial charge on any atom is -0.316 e. The molecule has 0 aliphatic heterocycles. The number of nitrogens with zero attached hydrogens (tertiary/aromatic N) is 1. The molecule has 2 saturated carbocycles. The highest BCUT2D eigenvalue weighted by atomic mass is 15.2. The maximum atomic E-state index is 4.27. The smallest absolute Gasteiger partial charge is 0.0208 e. The van der Waals surface area contributed by atoms with Gasteiger partial charge in [-0.1, -0.05) is 45.1 Å². The van der Waals surface area contributed by atoms with Gasteiger partial charge in [-0.25, -0.2) is 0 Å². The van der Waals surface area contributed by atoms with E-state index >= 15 is 0 Å². The molecule has 0 spiro atoms. The van der Waals surface area contributed by atoms with Gasteiger partial charge in [-0.3, -0.25) is 4.90 Å². The predicted molar refractivity (Wildman–Crippen MR) is 83.5 cm³/mol. The van der Waals surface area contributed by atoms with Gasteiger partial charge in [-0.15, -0.1) is 0 Å². The van der Waals surface area contributed by atoms with E-state index < -0.39 is 0 Å². The molecule has 2 fully saturated rings. The molecule has 2 heteroatoms. The third-order valence-corrected chi connectivity index (χ3v) is 4.92. The number of hydrogen-bond donors (Lipinski definition) is 1. The van der Waals surface area contributed by atoms with Gasteiger partial charge in [0.25, 0.3) is 0 Å². The number of nitrogens with one attached hydrogen (secondary N) is 1. The second-order valence-corrected chi connectivity index (χ2v) is 6.54. The molecular formula is C17H32N2. The van der Waals surface area contributed by atoms with Crippen LogP contribution < -0.4 is 5.32 Å². The van der Waals surface area contributed by atoms with Crippen LogP contribution >= 0.6 is 0 Å². The van der Waals surface area contributed by atoms with Crippen molar-refractivity contribution in [1.29, 1.82) is 0 Å². The van der Waals surface area contributed by atoms with E-state index in [0.717, 1.165) is 25.2 Å². The quantitative estimate of drug-likeness (QED) is 0.735. The van der Waals surface area contributed by atoms with Crippen molar-refractivity contribution in [3.8, 4) is 0 Å². The van der Waals surface area contributed by atoms with Crippen LogP contribution in [0, 0.1) is 0 Å². The van der Waals surface area contributed by atoms with Crippen molar-refractivity contribution in [1.82, 2.24) is 10.2 Å². The molecule has 2 nitrogen and oxygen atoms in total. The minimum atomic E-state index is 0.838. The van der Waals surface area contributed by atoms with E-state index in [1.165, 1.54) is 69.8 Å². The molecule has 2 rings (SSSR count). The molecule has 0 aromatic carbocycles. The highest BCUT2D eigenvalue weighted by Gasteiger charge is 2.28. The van der Waals surface area contributed by atoms with Gasteiger partial charge < -0.3 is 5.32 Å². The summed E-state index contributed by atoms with van der Waals surface area (Å²) in [5.41, 5.74) is 1.36. The first-order chi connectivity index (χ1) is 9.31. The summed E-state index contributed by atoms with van der Waals surface area (Å²) in [6, 6.07) is 1.68. The van der Waals surface area contributed by atoms with Crippen molar-refractivity contribution < 1.29 is 0 Å². The van der Waals surface area contributed by atoms with E-state index in [1.807, 2.05) is 7.05 Å². The van der Waals surface area contributed by atoms with Gasteiger partial charge in [0.05, 0.1) is 0 Å². The molecule has 0 aromatic rings. The minimum absolute atomic E-state index is 0.838. The standard InChI is InChI=1S/C17H32N2/c1-15(13-18-2)14-19(16-9-5-3-6-10-16)17-11-7-4-8-12-17/h16-18H,1,3-14H2,2H3. The zero-order valence-corrected chi connectivity index (χ0v) is 12.8. The van der Waals surface area contributed by atoms with Gasteiger partial charge >= 0.3 is 0 Å². The summed E-state index contributed by atoms with van der Waals surface area (Å²) >= 11 is 0. The van der Waals surface area contributed by atoms with Crippen LogP contribution in [0.25, 0.3) is 0 Å². The van der Waals surface area contributed by atoms with E-state index in [0.29, 0.717) is 0 Å². The van der Waals surface area contributed by atoms with E-state index in [1.54, 1.807) is 0 Å². The van der Waals surface area contributed by atoms with Crippen LogP contribution in [0.15, 0.2) is 12.2 Å². The maximum Gasteiger partial charge on any atom is 0.0208 e. The summed E-state index contributed by atoms with van der Waals surface area (Å²) in [6.45, 7) is 6.36. The monoisotopic (exact) mass is 264 g/mol. The van der Waals surface area contributed by atoms with Crippen LogP contribution in [0.2, 0.25) is 0 Å². The van der Waals surface area contributed by atoms with Crippen LogP contribution in [0.4, 0.5) is 0 Å². The molecular weight excluding hydrogens is 232 g/mol. The molecule has 0 radical (unpaired) electrons. The average molecular weight is 264 g/mol. The Balaban J connectivity index is 1.96. The highest BCUT2D eigenvalue weighted by molar-refractivity contribution is 5.02. The molecule has 1 N–H and O–H groups in total. The van der Waals surface area contributed by atoms with E-state index in [2.05, 4.69) is 16.8 Å². The lowest BCUT2D eigenvalue weighted by atomic mass is 9.88. The van der Waals surface area contributed by atoms with E-state index in [9.17, 15) is 0 Å². The topological polar surface area (TPSA) is 15.3 Å². The predicted octanol–water partition coefficient (Wildman–Crippen LogP) is 3.73. The second-order valence-electron chi connectivity index (χ2n) is 6.54. The van der Waals surface area contributed by atoms with Gasteiger partial charge in [0.15, 0.2) is 0 Å². The van der Waals surface area contributed by atoms with Gasteiger partial charge in [0, 0.05) is 25.2 Å². The molecule has 2 aliphatic carbocycles. The molecule has 0 heterocycles. The summed E-state index contributed by atoms with van der Waals surface area (Å²) in [5.74, 6) is 0.